The van der Waals surface area contributed by atoms with E-state index in [1.807, 2.05) is 61.5 Å². The summed E-state index contributed by atoms with van der Waals surface area (Å²) < 4.78 is 30.0. The molecule has 0 saturated carbocycles. The van der Waals surface area contributed by atoms with Crippen molar-refractivity contribution in [2.75, 3.05) is 0 Å². The fraction of sp³-hybridized carbons (Fsp3) is 0.0870. The predicted molar refractivity (Wildman–Crippen MR) is 119 cm³/mol. The number of aryl methyl sites for hydroxylation is 1. The van der Waals surface area contributed by atoms with Crippen LogP contribution in [0.5, 0.6) is 0 Å². The molecule has 0 bridgehead atoms. The van der Waals surface area contributed by atoms with Crippen molar-refractivity contribution in [1.29, 1.82) is 0 Å². The standard InChI is InChI=1S/C23H19N5O2S/c1-16-20-12-5-6-13-21(20)23-26-25-22(28(23)27-16)18-10-7-11-19(14-18)31(29,30)24-15-17-8-3-2-4-9-17/h2-14,24H,15H2,1H3. The van der Waals surface area contributed by atoms with Crippen molar-refractivity contribution in [3.05, 3.63) is 90.1 Å². The van der Waals surface area contributed by atoms with Crippen LogP contribution in [0, 0.1) is 6.92 Å². The van der Waals surface area contributed by atoms with Gasteiger partial charge in [0, 0.05) is 22.9 Å². The first kappa shape index (κ1) is 19.3. The molecule has 0 spiro atoms. The largest absolute Gasteiger partial charge is 0.240 e. The van der Waals surface area contributed by atoms with Crippen molar-refractivity contribution in [1.82, 2.24) is 24.5 Å². The lowest BCUT2D eigenvalue weighted by atomic mass is 10.1. The van der Waals surface area contributed by atoms with E-state index in [1.165, 1.54) is 0 Å². The molecular formula is C23H19N5O2S. The molecule has 154 valence electrons. The summed E-state index contributed by atoms with van der Waals surface area (Å²) in [4.78, 5) is 0.162. The average molecular weight is 430 g/mol. The number of nitrogens with zero attached hydrogens (tertiary/aromatic N) is 4. The van der Waals surface area contributed by atoms with E-state index in [9.17, 15) is 8.42 Å². The number of nitrogens with one attached hydrogen (secondary N) is 1. The maximum absolute atomic E-state index is 12.9. The lowest BCUT2D eigenvalue weighted by molar-refractivity contribution is 0.581. The Morgan fingerprint density at radius 3 is 2.42 bits per heavy atom. The summed E-state index contributed by atoms with van der Waals surface area (Å²) in [5.41, 5.74) is 2.98. The molecule has 0 unspecified atom stereocenters. The average Bonchev–Trinajstić information content (AvgIpc) is 3.23. The van der Waals surface area contributed by atoms with Crippen LogP contribution in [-0.2, 0) is 16.6 Å². The summed E-state index contributed by atoms with van der Waals surface area (Å²) in [5, 5.41) is 15.2. The molecule has 0 aliphatic carbocycles. The summed E-state index contributed by atoms with van der Waals surface area (Å²) in [6.45, 7) is 2.15. The van der Waals surface area contributed by atoms with Gasteiger partial charge in [-0.15, -0.1) is 10.2 Å². The van der Waals surface area contributed by atoms with Crippen molar-refractivity contribution >= 4 is 26.4 Å². The first-order chi connectivity index (χ1) is 15.0. The van der Waals surface area contributed by atoms with Gasteiger partial charge < -0.3 is 0 Å². The molecule has 3 aromatic carbocycles. The number of rotatable bonds is 5. The molecule has 0 atom stereocenters. The highest BCUT2D eigenvalue weighted by molar-refractivity contribution is 7.89. The highest BCUT2D eigenvalue weighted by atomic mass is 32.2. The second kappa shape index (κ2) is 7.57. The van der Waals surface area contributed by atoms with Gasteiger partial charge >= 0.3 is 0 Å². The molecule has 8 heteroatoms. The third-order valence-corrected chi connectivity index (χ3v) is 6.56. The Labute approximate surface area is 179 Å². The Hall–Kier alpha value is -3.62. The van der Waals surface area contributed by atoms with E-state index < -0.39 is 10.0 Å². The second-order valence-electron chi connectivity index (χ2n) is 7.23. The van der Waals surface area contributed by atoms with Gasteiger partial charge in [0.25, 0.3) is 0 Å². The quantitative estimate of drug-likeness (QED) is 0.460. The van der Waals surface area contributed by atoms with Gasteiger partial charge in [-0.2, -0.15) is 9.61 Å². The monoisotopic (exact) mass is 429 g/mol. The molecule has 5 rings (SSSR count). The van der Waals surface area contributed by atoms with Crippen LogP contribution in [0.25, 0.3) is 27.8 Å². The smallest absolute Gasteiger partial charge is 0.207 e. The number of aromatic nitrogens is 4. The number of sulfonamides is 1. The van der Waals surface area contributed by atoms with Gasteiger partial charge in [-0.1, -0.05) is 66.7 Å². The highest BCUT2D eigenvalue weighted by Gasteiger charge is 2.18. The van der Waals surface area contributed by atoms with Crippen molar-refractivity contribution in [2.45, 2.75) is 18.4 Å². The zero-order valence-electron chi connectivity index (χ0n) is 16.7. The molecule has 5 aromatic rings. The molecule has 0 amide bonds. The van der Waals surface area contributed by atoms with Crippen LogP contribution in [0.3, 0.4) is 0 Å². The van der Waals surface area contributed by atoms with Crippen molar-refractivity contribution in [3.63, 3.8) is 0 Å². The minimum absolute atomic E-state index is 0.162. The van der Waals surface area contributed by atoms with E-state index in [1.54, 1.807) is 28.8 Å². The Morgan fingerprint density at radius 2 is 1.61 bits per heavy atom. The van der Waals surface area contributed by atoms with Crippen LogP contribution in [0.15, 0.2) is 83.8 Å². The summed E-state index contributed by atoms with van der Waals surface area (Å²) in [6.07, 6.45) is 0. The normalized spacial score (nSPS) is 11.9. The molecular weight excluding hydrogens is 410 g/mol. The molecule has 31 heavy (non-hydrogen) atoms. The van der Waals surface area contributed by atoms with Crippen molar-refractivity contribution in [3.8, 4) is 11.4 Å². The van der Waals surface area contributed by atoms with Gasteiger partial charge in [-0.05, 0) is 24.6 Å². The topological polar surface area (TPSA) is 89.3 Å². The van der Waals surface area contributed by atoms with Crippen LogP contribution in [-0.4, -0.2) is 28.2 Å². The van der Waals surface area contributed by atoms with Crippen LogP contribution >= 0.6 is 0 Å². The zero-order chi connectivity index (χ0) is 21.4. The maximum Gasteiger partial charge on any atom is 0.240 e. The minimum Gasteiger partial charge on any atom is -0.207 e. The van der Waals surface area contributed by atoms with Crippen LogP contribution < -0.4 is 4.72 Å². The fourth-order valence-corrected chi connectivity index (χ4v) is 4.64. The van der Waals surface area contributed by atoms with E-state index in [2.05, 4.69) is 20.0 Å². The Balaban J connectivity index is 1.54. The van der Waals surface area contributed by atoms with Crippen molar-refractivity contribution < 1.29 is 8.42 Å². The van der Waals surface area contributed by atoms with E-state index in [-0.39, 0.29) is 11.4 Å². The van der Waals surface area contributed by atoms with Gasteiger partial charge in [0.1, 0.15) is 0 Å². The lowest BCUT2D eigenvalue weighted by Gasteiger charge is -2.09. The highest BCUT2D eigenvalue weighted by Crippen LogP contribution is 2.26. The predicted octanol–water partition coefficient (Wildman–Crippen LogP) is 3.73. The summed E-state index contributed by atoms with van der Waals surface area (Å²) in [5.74, 6) is 0.490. The number of hydrogen-bond acceptors (Lipinski definition) is 5. The Morgan fingerprint density at radius 1 is 0.871 bits per heavy atom. The minimum atomic E-state index is -3.70. The second-order valence-corrected chi connectivity index (χ2v) is 8.99. The SMILES string of the molecule is Cc1nn2c(-c3cccc(S(=O)(=O)NCc4ccccc4)c3)nnc2c2ccccc12. The van der Waals surface area contributed by atoms with Gasteiger partial charge in [0.2, 0.25) is 10.0 Å². The Kier molecular flexibility index (Phi) is 4.72. The van der Waals surface area contributed by atoms with Gasteiger partial charge in [0.05, 0.1) is 10.6 Å². The van der Waals surface area contributed by atoms with Crippen LogP contribution in [0.2, 0.25) is 0 Å². The Bertz CT molecular complexity index is 1510. The van der Waals surface area contributed by atoms with Crippen molar-refractivity contribution in [2.24, 2.45) is 0 Å². The van der Waals surface area contributed by atoms with E-state index in [0.717, 1.165) is 22.0 Å². The third kappa shape index (κ3) is 3.56. The van der Waals surface area contributed by atoms with Crippen LogP contribution in [0.1, 0.15) is 11.3 Å². The molecule has 2 heterocycles. The molecule has 7 nitrogen and oxygen atoms in total. The summed E-state index contributed by atoms with van der Waals surface area (Å²) in [6, 6.07) is 23.9. The molecule has 0 aliphatic heterocycles. The maximum atomic E-state index is 12.9. The number of hydrogen-bond donors (Lipinski definition) is 1. The molecule has 1 N–H and O–H groups in total. The fourth-order valence-electron chi connectivity index (χ4n) is 3.58. The molecule has 0 saturated heterocycles. The molecule has 0 aliphatic rings. The first-order valence-electron chi connectivity index (χ1n) is 9.78. The number of fused-ring (bicyclic) bond motifs is 3. The molecule has 2 aromatic heterocycles. The third-order valence-electron chi connectivity index (χ3n) is 5.16. The first-order valence-corrected chi connectivity index (χ1v) is 11.3. The van der Waals surface area contributed by atoms with E-state index in [0.29, 0.717) is 17.0 Å². The van der Waals surface area contributed by atoms with Gasteiger partial charge in [-0.3, -0.25) is 0 Å². The molecule has 0 radical (unpaired) electrons. The van der Waals surface area contributed by atoms with E-state index >= 15 is 0 Å². The number of benzene rings is 3. The zero-order valence-corrected chi connectivity index (χ0v) is 17.5. The van der Waals surface area contributed by atoms with Gasteiger partial charge in [-0.25, -0.2) is 13.1 Å². The summed E-state index contributed by atoms with van der Waals surface area (Å²) >= 11 is 0. The lowest BCUT2D eigenvalue weighted by Crippen LogP contribution is -2.23. The van der Waals surface area contributed by atoms with Gasteiger partial charge in [0.15, 0.2) is 11.5 Å². The van der Waals surface area contributed by atoms with E-state index in [4.69, 9.17) is 0 Å². The van der Waals surface area contributed by atoms with Crippen LogP contribution in [0.4, 0.5) is 0 Å². The molecule has 0 fully saturated rings. The summed E-state index contributed by atoms with van der Waals surface area (Å²) in [7, 11) is -3.70.